The molecule has 0 unspecified atom stereocenters. The van der Waals surface area contributed by atoms with E-state index in [9.17, 15) is 18.0 Å². The Morgan fingerprint density at radius 2 is 1.88 bits per heavy atom. The van der Waals surface area contributed by atoms with Crippen LogP contribution in [0.15, 0.2) is 47.4 Å². The van der Waals surface area contributed by atoms with Gasteiger partial charge in [-0.2, -0.15) is 0 Å². The molecule has 0 radical (unpaired) electrons. The minimum Gasteiger partial charge on any atom is -0.480 e. The number of likely N-dealkylation sites (tertiary alicyclic amines) is 1. The van der Waals surface area contributed by atoms with Crippen molar-refractivity contribution in [3.63, 3.8) is 0 Å². The van der Waals surface area contributed by atoms with E-state index in [4.69, 9.17) is 5.11 Å². The van der Waals surface area contributed by atoms with Crippen molar-refractivity contribution in [2.75, 3.05) is 13.1 Å². The molecule has 2 N–H and O–H groups in total. The number of carboxylic acids is 1. The lowest BCUT2D eigenvalue weighted by atomic mass is 10.1. The van der Waals surface area contributed by atoms with E-state index in [-0.39, 0.29) is 4.90 Å². The summed E-state index contributed by atoms with van der Waals surface area (Å²) in [6.07, 6.45) is 0.985. The van der Waals surface area contributed by atoms with Crippen LogP contribution >= 0.6 is 0 Å². The molecular formula is C17H18N2O5S. The van der Waals surface area contributed by atoms with Crippen LogP contribution in [-0.2, 0) is 19.6 Å². The second kappa shape index (κ2) is 6.81. The van der Waals surface area contributed by atoms with Crippen molar-refractivity contribution < 1.29 is 23.1 Å². The number of nitrogens with zero attached hydrogens (tertiary/aromatic N) is 1. The van der Waals surface area contributed by atoms with Crippen LogP contribution in [-0.4, -0.2) is 49.4 Å². The second-order valence-electron chi connectivity index (χ2n) is 5.92. The summed E-state index contributed by atoms with van der Waals surface area (Å²) in [6, 6.07) is 11.2. The van der Waals surface area contributed by atoms with Crippen LogP contribution in [0.2, 0.25) is 0 Å². The summed E-state index contributed by atoms with van der Waals surface area (Å²) < 4.78 is 27.1. The summed E-state index contributed by atoms with van der Waals surface area (Å²) in [6.45, 7) is -0.132. The fraction of sp³-hybridized carbons (Fsp3) is 0.294. The molecule has 1 heterocycles. The van der Waals surface area contributed by atoms with Crippen LogP contribution in [0.3, 0.4) is 0 Å². The third-order valence-electron chi connectivity index (χ3n) is 4.30. The predicted molar refractivity (Wildman–Crippen MR) is 91.5 cm³/mol. The van der Waals surface area contributed by atoms with E-state index >= 15 is 0 Å². The molecule has 2 aromatic carbocycles. The standard InChI is InChI=1S/C17H18N2O5S/c20-16(19-9-3-6-15(19)17(21)22)11-18-25(23,24)14-8-7-12-4-1-2-5-13(12)10-14/h1-2,4-5,7-8,10,15,18H,3,6,9,11H2,(H,21,22)/t15-/m0/s1. The normalized spacial score (nSPS) is 17.8. The molecule has 0 saturated carbocycles. The zero-order chi connectivity index (χ0) is 18.0. The van der Waals surface area contributed by atoms with Crippen LogP contribution in [0, 0.1) is 0 Å². The quantitative estimate of drug-likeness (QED) is 0.832. The zero-order valence-electron chi connectivity index (χ0n) is 13.4. The molecule has 1 amide bonds. The van der Waals surface area contributed by atoms with Gasteiger partial charge < -0.3 is 10.0 Å². The highest BCUT2D eigenvalue weighted by molar-refractivity contribution is 7.89. The third kappa shape index (κ3) is 3.64. The summed E-state index contributed by atoms with van der Waals surface area (Å²) in [5.74, 6) is -1.60. The molecule has 1 aliphatic heterocycles. The average molecular weight is 362 g/mol. The van der Waals surface area contributed by atoms with E-state index in [1.165, 1.54) is 17.0 Å². The van der Waals surface area contributed by atoms with E-state index in [0.29, 0.717) is 19.4 Å². The fourth-order valence-corrected chi connectivity index (χ4v) is 4.01. The molecule has 1 saturated heterocycles. The van der Waals surface area contributed by atoms with Gasteiger partial charge in [-0.15, -0.1) is 0 Å². The number of sulfonamides is 1. The molecule has 7 nitrogen and oxygen atoms in total. The van der Waals surface area contributed by atoms with Gasteiger partial charge in [-0.1, -0.05) is 30.3 Å². The van der Waals surface area contributed by atoms with Gasteiger partial charge >= 0.3 is 5.97 Å². The number of carboxylic acid groups (broad SMARTS) is 1. The lowest BCUT2D eigenvalue weighted by molar-refractivity contribution is -0.147. The van der Waals surface area contributed by atoms with E-state index in [1.807, 2.05) is 18.2 Å². The van der Waals surface area contributed by atoms with E-state index in [2.05, 4.69) is 4.72 Å². The lowest BCUT2D eigenvalue weighted by Crippen LogP contribution is -2.45. The van der Waals surface area contributed by atoms with Crippen molar-refractivity contribution in [3.8, 4) is 0 Å². The molecule has 0 bridgehead atoms. The van der Waals surface area contributed by atoms with Gasteiger partial charge in [0.15, 0.2) is 0 Å². The van der Waals surface area contributed by atoms with Gasteiger partial charge in [0.05, 0.1) is 11.4 Å². The number of hydrogen-bond donors (Lipinski definition) is 2. The third-order valence-corrected chi connectivity index (χ3v) is 5.70. The maximum atomic E-state index is 12.4. The largest absolute Gasteiger partial charge is 0.480 e. The van der Waals surface area contributed by atoms with Crippen LogP contribution in [0.25, 0.3) is 10.8 Å². The number of carbonyl (C=O) groups is 2. The highest BCUT2D eigenvalue weighted by Gasteiger charge is 2.34. The monoisotopic (exact) mass is 362 g/mol. The first-order valence-corrected chi connectivity index (χ1v) is 9.37. The Bertz CT molecular complexity index is 926. The molecule has 0 spiro atoms. The number of aliphatic carboxylic acids is 1. The Morgan fingerprint density at radius 3 is 2.60 bits per heavy atom. The Morgan fingerprint density at radius 1 is 1.16 bits per heavy atom. The number of fused-ring (bicyclic) bond motifs is 1. The topological polar surface area (TPSA) is 104 Å². The van der Waals surface area contributed by atoms with Crippen molar-refractivity contribution in [1.29, 1.82) is 0 Å². The van der Waals surface area contributed by atoms with E-state index in [1.54, 1.807) is 12.1 Å². The zero-order valence-corrected chi connectivity index (χ0v) is 14.2. The molecule has 1 fully saturated rings. The van der Waals surface area contributed by atoms with E-state index < -0.39 is 34.5 Å². The highest BCUT2D eigenvalue weighted by atomic mass is 32.2. The van der Waals surface area contributed by atoms with Gasteiger partial charge in [-0.05, 0) is 35.7 Å². The minimum absolute atomic E-state index is 0.0650. The maximum absolute atomic E-state index is 12.4. The van der Waals surface area contributed by atoms with Crippen molar-refractivity contribution >= 4 is 32.7 Å². The molecule has 25 heavy (non-hydrogen) atoms. The Hall–Kier alpha value is -2.45. The maximum Gasteiger partial charge on any atom is 0.326 e. The van der Waals surface area contributed by atoms with Crippen LogP contribution in [0.5, 0.6) is 0 Å². The van der Waals surface area contributed by atoms with E-state index in [0.717, 1.165) is 10.8 Å². The van der Waals surface area contributed by atoms with Crippen molar-refractivity contribution in [3.05, 3.63) is 42.5 Å². The summed E-state index contributed by atoms with van der Waals surface area (Å²) in [4.78, 5) is 24.6. The molecule has 0 aromatic heterocycles. The SMILES string of the molecule is O=C(O)[C@@H]1CCCN1C(=O)CNS(=O)(=O)c1ccc2ccccc2c1. The summed E-state index contributed by atoms with van der Waals surface area (Å²) >= 11 is 0. The second-order valence-corrected chi connectivity index (χ2v) is 7.68. The number of rotatable bonds is 5. The first kappa shape index (κ1) is 17.4. The molecule has 132 valence electrons. The molecule has 0 aliphatic carbocycles. The number of hydrogen-bond acceptors (Lipinski definition) is 4. The van der Waals surface area contributed by atoms with Crippen molar-refractivity contribution in [2.45, 2.75) is 23.8 Å². The predicted octanol–water partition coefficient (Wildman–Crippen LogP) is 1.19. The molecular weight excluding hydrogens is 344 g/mol. The summed E-state index contributed by atoms with van der Waals surface area (Å²) in [5.41, 5.74) is 0. The highest BCUT2D eigenvalue weighted by Crippen LogP contribution is 2.20. The van der Waals surface area contributed by atoms with Crippen molar-refractivity contribution in [2.24, 2.45) is 0 Å². The van der Waals surface area contributed by atoms with Gasteiger partial charge in [-0.25, -0.2) is 17.9 Å². The smallest absolute Gasteiger partial charge is 0.326 e. The minimum atomic E-state index is -3.86. The lowest BCUT2D eigenvalue weighted by Gasteiger charge is -2.21. The van der Waals surface area contributed by atoms with Crippen molar-refractivity contribution in [1.82, 2.24) is 9.62 Å². The number of carbonyl (C=O) groups excluding carboxylic acids is 1. The molecule has 3 rings (SSSR count). The van der Waals surface area contributed by atoms with Crippen LogP contribution < -0.4 is 4.72 Å². The Kier molecular flexibility index (Phi) is 4.73. The van der Waals surface area contributed by atoms with Gasteiger partial charge in [0, 0.05) is 6.54 Å². The van der Waals surface area contributed by atoms with Gasteiger partial charge in [0.25, 0.3) is 0 Å². The Balaban J connectivity index is 1.72. The fourth-order valence-electron chi connectivity index (χ4n) is 3.00. The van der Waals surface area contributed by atoms with Crippen LogP contribution in [0.4, 0.5) is 0 Å². The molecule has 1 aliphatic rings. The Labute approximate surface area is 145 Å². The summed E-state index contributed by atoms with van der Waals surface area (Å²) in [7, 11) is -3.86. The van der Waals surface area contributed by atoms with Gasteiger partial charge in [0.1, 0.15) is 6.04 Å². The van der Waals surface area contributed by atoms with Gasteiger partial charge in [-0.3, -0.25) is 4.79 Å². The number of amides is 1. The number of nitrogens with one attached hydrogen (secondary N) is 1. The average Bonchev–Trinajstić information content (AvgIpc) is 3.09. The molecule has 8 heteroatoms. The van der Waals surface area contributed by atoms with Gasteiger partial charge in [0.2, 0.25) is 15.9 Å². The molecule has 1 atom stereocenters. The number of benzene rings is 2. The molecule has 2 aromatic rings. The first-order valence-electron chi connectivity index (χ1n) is 7.89. The first-order chi connectivity index (χ1) is 11.9. The summed E-state index contributed by atoms with van der Waals surface area (Å²) in [5, 5.41) is 10.8. The van der Waals surface area contributed by atoms with Crippen LogP contribution in [0.1, 0.15) is 12.8 Å².